The Morgan fingerprint density at radius 1 is 0.905 bits per heavy atom. The first kappa shape index (κ1) is 12.8. The van der Waals surface area contributed by atoms with Crippen LogP contribution in [0.4, 0.5) is 0 Å². The van der Waals surface area contributed by atoms with E-state index in [0.717, 1.165) is 11.1 Å². The Morgan fingerprint density at radius 3 is 2.48 bits per heavy atom. The zero-order valence-electron chi connectivity index (χ0n) is 11.1. The van der Waals surface area contributed by atoms with Gasteiger partial charge in [0, 0.05) is 11.8 Å². The number of benzene rings is 2. The Hall–Kier alpha value is -3.19. The second-order valence-electron chi connectivity index (χ2n) is 4.30. The fourth-order valence-electron chi connectivity index (χ4n) is 1.96. The Bertz CT molecular complexity index is 794. The minimum absolute atomic E-state index is 0.164. The monoisotopic (exact) mass is 273 g/mol. The Balaban J connectivity index is 1.98. The van der Waals surface area contributed by atoms with Crippen LogP contribution < -0.4 is 4.74 Å². The summed E-state index contributed by atoms with van der Waals surface area (Å²) in [7, 11) is 0. The summed E-state index contributed by atoms with van der Waals surface area (Å²) in [6.07, 6.45) is 1.51. The van der Waals surface area contributed by atoms with E-state index in [1.807, 2.05) is 60.7 Å². The highest BCUT2D eigenvalue weighted by Gasteiger charge is 2.08. The summed E-state index contributed by atoms with van der Waals surface area (Å²) < 4.78 is 5.73. The summed E-state index contributed by atoms with van der Waals surface area (Å²) in [5, 5.41) is 8.86. The average molecular weight is 273 g/mol. The fourth-order valence-corrected chi connectivity index (χ4v) is 1.96. The molecule has 0 aliphatic rings. The van der Waals surface area contributed by atoms with Crippen molar-refractivity contribution < 1.29 is 4.74 Å². The molecule has 0 amide bonds. The topological polar surface area (TPSA) is 58.8 Å². The van der Waals surface area contributed by atoms with Gasteiger partial charge in [-0.25, -0.2) is 4.98 Å². The highest BCUT2D eigenvalue weighted by atomic mass is 16.5. The minimum Gasteiger partial charge on any atom is -0.424 e. The smallest absolute Gasteiger partial charge is 0.323 e. The molecule has 0 unspecified atom stereocenters. The fraction of sp³-hybridized carbons (Fsp3) is 0. The van der Waals surface area contributed by atoms with Crippen LogP contribution in [0.5, 0.6) is 11.8 Å². The lowest BCUT2D eigenvalue weighted by atomic mass is 10.1. The highest BCUT2D eigenvalue weighted by molar-refractivity contribution is 5.70. The van der Waals surface area contributed by atoms with Crippen molar-refractivity contribution in [2.75, 3.05) is 0 Å². The van der Waals surface area contributed by atoms with Gasteiger partial charge in [-0.15, -0.1) is 0 Å². The van der Waals surface area contributed by atoms with E-state index in [9.17, 15) is 0 Å². The third kappa shape index (κ3) is 2.88. The number of ether oxygens (including phenoxy) is 1. The zero-order valence-corrected chi connectivity index (χ0v) is 11.1. The van der Waals surface area contributed by atoms with E-state index in [2.05, 4.69) is 9.97 Å². The largest absolute Gasteiger partial charge is 0.424 e. The van der Waals surface area contributed by atoms with Crippen LogP contribution in [0, 0.1) is 11.3 Å². The van der Waals surface area contributed by atoms with Gasteiger partial charge in [0.2, 0.25) is 0 Å². The molecule has 0 spiro atoms. The number of nitriles is 1. The predicted molar refractivity (Wildman–Crippen MR) is 78.7 cm³/mol. The number of para-hydroxylation sites is 1. The molecule has 4 nitrogen and oxygen atoms in total. The summed E-state index contributed by atoms with van der Waals surface area (Å²) in [5.41, 5.74) is 2.27. The van der Waals surface area contributed by atoms with Gasteiger partial charge in [0.15, 0.2) is 0 Å². The Kier molecular flexibility index (Phi) is 3.57. The summed E-state index contributed by atoms with van der Waals surface area (Å²) in [4.78, 5) is 8.06. The SMILES string of the molecule is N#Cc1ccnc(Oc2ccccc2-c2ccccc2)n1. The third-order valence-corrected chi connectivity index (χ3v) is 2.92. The molecule has 4 heteroatoms. The number of rotatable bonds is 3. The van der Waals surface area contributed by atoms with Crippen LogP contribution in [-0.2, 0) is 0 Å². The second kappa shape index (κ2) is 5.85. The zero-order chi connectivity index (χ0) is 14.5. The van der Waals surface area contributed by atoms with Gasteiger partial charge in [0.1, 0.15) is 17.5 Å². The molecule has 0 fully saturated rings. The molecule has 0 saturated carbocycles. The second-order valence-corrected chi connectivity index (χ2v) is 4.30. The molecule has 2 aromatic carbocycles. The van der Waals surface area contributed by atoms with Gasteiger partial charge < -0.3 is 4.74 Å². The third-order valence-electron chi connectivity index (χ3n) is 2.92. The van der Waals surface area contributed by atoms with Crippen molar-refractivity contribution in [3.63, 3.8) is 0 Å². The molecule has 0 atom stereocenters. The van der Waals surface area contributed by atoms with Crippen LogP contribution in [0.2, 0.25) is 0 Å². The van der Waals surface area contributed by atoms with Crippen molar-refractivity contribution in [2.45, 2.75) is 0 Å². The standard InChI is InChI=1S/C17H11N3O/c18-12-14-10-11-19-17(20-14)21-16-9-5-4-8-15(16)13-6-2-1-3-7-13/h1-11H. The number of aromatic nitrogens is 2. The molecule has 1 aromatic heterocycles. The maximum atomic E-state index is 8.86. The molecule has 3 rings (SSSR count). The van der Waals surface area contributed by atoms with Crippen LogP contribution in [0.15, 0.2) is 66.9 Å². The Morgan fingerprint density at radius 2 is 1.67 bits per heavy atom. The normalized spacial score (nSPS) is 9.86. The van der Waals surface area contributed by atoms with E-state index in [1.54, 1.807) is 0 Å². The van der Waals surface area contributed by atoms with Crippen molar-refractivity contribution in [1.82, 2.24) is 9.97 Å². The van der Waals surface area contributed by atoms with Gasteiger partial charge in [0.05, 0.1) is 0 Å². The van der Waals surface area contributed by atoms with Crippen molar-refractivity contribution in [1.29, 1.82) is 5.26 Å². The molecule has 0 saturated heterocycles. The van der Waals surface area contributed by atoms with E-state index in [4.69, 9.17) is 10.00 Å². The van der Waals surface area contributed by atoms with Crippen LogP contribution in [-0.4, -0.2) is 9.97 Å². The molecular weight excluding hydrogens is 262 g/mol. The van der Waals surface area contributed by atoms with E-state index in [-0.39, 0.29) is 11.7 Å². The van der Waals surface area contributed by atoms with E-state index >= 15 is 0 Å². The molecule has 0 aliphatic heterocycles. The number of nitrogens with zero attached hydrogens (tertiary/aromatic N) is 3. The summed E-state index contributed by atoms with van der Waals surface area (Å²) in [5.74, 6) is 0.652. The highest BCUT2D eigenvalue weighted by Crippen LogP contribution is 2.31. The van der Waals surface area contributed by atoms with Crippen molar-refractivity contribution >= 4 is 0 Å². The minimum atomic E-state index is 0.164. The van der Waals surface area contributed by atoms with Crippen molar-refractivity contribution in [3.05, 3.63) is 72.6 Å². The Labute approximate surface area is 122 Å². The first-order valence-electron chi connectivity index (χ1n) is 6.42. The average Bonchev–Trinajstić information content (AvgIpc) is 2.56. The van der Waals surface area contributed by atoms with Gasteiger partial charge >= 0.3 is 6.01 Å². The molecule has 21 heavy (non-hydrogen) atoms. The first-order chi connectivity index (χ1) is 10.4. The quantitative estimate of drug-likeness (QED) is 0.728. The lowest BCUT2D eigenvalue weighted by Crippen LogP contribution is -1.94. The van der Waals surface area contributed by atoms with Gasteiger partial charge in [-0.05, 0) is 17.7 Å². The van der Waals surface area contributed by atoms with E-state index < -0.39 is 0 Å². The molecule has 0 bridgehead atoms. The summed E-state index contributed by atoms with van der Waals surface area (Å²) in [6.45, 7) is 0. The van der Waals surface area contributed by atoms with Gasteiger partial charge in [0.25, 0.3) is 0 Å². The molecule has 1 heterocycles. The van der Waals surface area contributed by atoms with Gasteiger partial charge in [-0.1, -0.05) is 48.5 Å². The predicted octanol–water partition coefficient (Wildman–Crippen LogP) is 3.81. The molecule has 0 radical (unpaired) electrons. The molecule has 3 aromatic rings. The number of hydrogen-bond donors (Lipinski definition) is 0. The maximum Gasteiger partial charge on any atom is 0.323 e. The van der Waals surface area contributed by atoms with E-state index in [1.165, 1.54) is 12.3 Å². The van der Waals surface area contributed by atoms with Crippen LogP contribution in [0.3, 0.4) is 0 Å². The van der Waals surface area contributed by atoms with Crippen LogP contribution in [0.1, 0.15) is 5.69 Å². The summed E-state index contributed by atoms with van der Waals surface area (Å²) >= 11 is 0. The molecule has 0 N–H and O–H groups in total. The molecule has 0 aliphatic carbocycles. The van der Waals surface area contributed by atoms with E-state index in [0.29, 0.717) is 5.75 Å². The van der Waals surface area contributed by atoms with Crippen LogP contribution in [0.25, 0.3) is 11.1 Å². The van der Waals surface area contributed by atoms with Crippen molar-refractivity contribution in [2.24, 2.45) is 0 Å². The molecular formula is C17H11N3O. The van der Waals surface area contributed by atoms with Gasteiger partial charge in [-0.2, -0.15) is 10.2 Å². The molecule has 100 valence electrons. The lowest BCUT2D eigenvalue weighted by molar-refractivity contribution is 0.443. The van der Waals surface area contributed by atoms with Crippen LogP contribution >= 0.6 is 0 Å². The number of hydrogen-bond acceptors (Lipinski definition) is 4. The van der Waals surface area contributed by atoms with Gasteiger partial charge in [-0.3, -0.25) is 0 Å². The summed E-state index contributed by atoms with van der Waals surface area (Å²) in [6, 6.07) is 21.2. The first-order valence-corrected chi connectivity index (χ1v) is 6.42. The van der Waals surface area contributed by atoms with Crippen molar-refractivity contribution in [3.8, 4) is 29.0 Å². The lowest BCUT2D eigenvalue weighted by Gasteiger charge is -2.09. The maximum absolute atomic E-state index is 8.86.